The molecule has 0 saturated carbocycles. The highest BCUT2D eigenvalue weighted by atomic mass is 32.2. The van der Waals surface area contributed by atoms with Gasteiger partial charge in [-0.25, -0.2) is 8.42 Å². The van der Waals surface area contributed by atoms with Gasteiger partial charge in [0.05, 0.1) is 11.5 Å². The second-order valence-corrected chi connectivity index (χ2v) is 8.67. The molecular formula is C21H28N2O3S. The Morgan fingerprint density at radius 1 is 0.889 bits per heavy atom. The first-order valence-electron chi connectivity index (χ1n) is 9.61. The third-order valence-electron chi connectivity index (χ3n) is 4.88. The molecule has 0 unspecified atom stereocenters. The van der Waals surface area contributed by atoms with E-state index in [1.54, 1.807) is 28.6 Å². The van der Waals surface area contributed by atoms with Crippen molar-refractivity contribution in [3.8, 4) is 5.75 Å². The number of nitrogens with zero attached hydrogens (tertiary/aromatic N) is 2. The van der Waals surface area contributed by atoms with E-state index in [2.05, 4.69) is 36.1 Å². The van der Waals surface area contributed by atoms with E-state index in [-0.39, 0.29) is 0 Å². The summed E-state index contributed by atoms with van der Waals surface area (Å²) in [5.74, 6) is 0.705. The van der Waals surface area contributed by atoms with Gasteiger partial charge in [-0.2, -0.15) is 4.31 Å². The van der Waals surface area contributed by atoms with Crippen LogP contribution in [0.3, 0.4) is 0 Å². The van der Waals surface area contributed by atoms with E-state index in [0.29, 0.717) is 43.4 Å². The number of piperazine rings is 1. The third kappa shape index (κ3) is 4.62. The summed E-state index contributed by atoms with van der Waals surface area (Å²) in [6, 6.07) is 15.3. The van der Waals surface area contributed by atoms with Gasteiger partial charge in [-0.15, -0.1) is 0 Å². The molecule has 2 aromatic rings. The van der Waals surface area contributed by atoms with Crippen molar-refractivity contribution in [3.63, 3.8) is 0 Å². The number of benzene rings is 2. The van der Waals surface area contributed by atoms with Gasteiger partial charge in [-0.1, -0.05) is 26.0 Å². The van der Waals surface area contributed by atoms with Crippen LogP contribution < -0.4 is 9.64 Å². The maximum atomic E-state index is 12.9. The summed E-state index contributed by atoms with van der Waals surface area (Å²) >= 11 is 0. The largest absolute Gasteiger partial charge is 0.494 e. The Morgan fingerprint density at radius 3 is 2.07 bits per heavy atom. The van der Waals surface area contributed by atoms with Crippen LogP contribution in [0, 0.1) is 0 Å². The van der Waals surface area contributed by atoms with Crippen molar-refractivity contribution in [2.75, 3.05) is 37.7 Å². The van der Waals surface area contributed by atoms with E-state index in [1.807, 2.05) is 6.92 Å². The zero-order chi connectivity index (χ0) is 19.3. The van der Waals surface area contributed by atoms with Crippen molar-refractivity contribution in [2.24, 2.45) is 0 Å². The standard InChI is InChI=1S/C21H28N2O3S/c1-3-17-26-20-9-11-21(12-10-20)27(24,25)23-15-13-22(14-16-23)19-7-5-18(4-2)6-8-19/h5-12H,3-4,13-17H2,1-2H3. The number of sulfonamides is 1. The lowest BCUT2D eigenvalue weighted by Gasteiger charge is -2.35. The average Bonchev–Trinajstić information content (AvgIpc) is 2.72. The Bertz CT molecular complexity index is 825. The fourth-order valence-corrected chi connectivity index (χ4v) is 4.63. The fourth-order valence-electron chi connectivity index (χ4n) is 3.21. The second-order valence-electron chi connectivity index (χ2n) is 6.73. The van der Waals surface area contributed by atoms with Crippen molar-refractivity contribution in [3.05, 3.63) is 54.1 Å². The maximum Gasteiger partial charge on any atom is 0.243 e. The highest BCUT2D eigenvalue weighted by molar-refractivity contribution is 7.89. The number of hydrogen-bond acceptors (Lipinski definition) is 4. The maximum absolute atomic E-state index is 12.9. The summed E-state index contributed by atoms with van der Waals surface area (Å²) in [5.41, 5.74) is 2.47. The molecule has 0 amide bonds. The Hall–Kier alpha value is -2.05. The van der Waals surface area contributed by atoms with Crippen LogP contribution in [0.15, 0.2) is 53.4 Å². The Balaban J connectivity index is 1.63. The van der Waals surface area contributed by atoms with E-state index in [0.717, 1.165) is 18.5 Å². The van der Waals surface area contributed by atoms with Crippen LogP contribution in [-0.4, -0.2) is 45.5 Å². The highest BCUT2D eigenvalue weighted by Crippen LogP contribution is 2.23. The van der Waals surface area contributed by atoms with Crippen LogP contribution in [0.4, 0.5) is 5.69 Å². The topological polar surface area (TPSA) is 49.9 Å². The first kappa shape index (κ1) is 19.7. The molecule has 2 aromatic carbocycles. The molecule has 0 atom stereocenters. The SMILES string of the molecule is CCCOc1ccc(S(=O)(=O)N2CCN(c3ccc(CC)cc3)CC2)cc1. The van der Waals surface area contributed by atoms with Gasteiger partial charge in [-0.05, 0) is 54.8 Å². The van der Waals surface area contributed by atoms with Gasteiger partial charge in [0.1, 0.15) is 5.75 Å². The van der Waals surface area contributed by atoms with Crippen LogP contribution in [0.1, 0.15) is 25.8 Å². The zero-order valence-electron chi connectivity index (χ0n) is 16.1. The van der Waals surface area contributed by atoms with Crippen molar-refractivity contribution in [1.82, 2.24) is 4.31 Å². The minimum absolute atomic E-state index is 0.326. The van der Waals surface area contributed by atoms with Crippen molar-refractivity contribution in [1.29, 1.82) is 0 Å². The van der Waals surface area contributed by atoms with Crippen LogP contribution >= 0.6 is 0 Å². The third-order valence-corrected chi connectivity index (χ3v) is 6.80. The molecule has 27 heavy (non-hydrogen) atoms. The lowest BCUT2D eigenvalue weighted by atomic mass is 10.1. The predicted octanol–water partition coefficient (Wildman–Crippen LogP) is 3.55. The molecule has 146 valence electrons. The number of anilines is 1. The summed E-state index contributed by atoms with van der Waals surface area (Å²) < 4.78 is 32.9. The number of aryl methyl sites for hydroxylation is 1. The molecule has 1 saturated heterocycles. The molecule has 0 bridgehead atoms. The smallest absolute Gasteiger partial charge is 0.243 e. The van der Waals surface area contributed by atoms with Crippen LogP contribution in [0.5, 0.6) is 5.75 Å². The molecule has 0 spiro atoms. The summed E-state index contributed by atoms with van der Waals surface area (Å²) in [4.78, 5) is 2.57. The van der Waals surface area contributed by atoms with Gasteiger partial charge >= 0.3 is 0 Å². The molecule has 0 radical (unpaired) electrons. The Kier molecular flexibility index (Phi) is 6.39. The van der Waals surface area contributed by atoms with Crippen molar-refractivity contribution in [2.45, 2.75) is 31.6 Å². The predicted molar refractivity (Wildman–Crippen MR) is 109 cm³/mol. The van der Waals surface area contributed by atoms with E-state index in [4.69, 9.17) is 4.74 Å². The van der Waals surface area contributed by atoms with Gasteiger partial charge < -0.3 is 9.64 Å². The minimum Gasteiger partial charge on any atom is -0.494 e. The van der Waals surface area contributed by atoms with Crippen LogP contribution in [0.25, 0.3) is 0 Å². The van der Waals surface area contributed by atoms with Gasteiger partial charge in [0.25, 0.3) is 0 Å². The molecule has 0 N–H and O–H groups in total. The lowest BCUT2D eigenvalue weighted by molar-refractivity contribution is 0.317. The Labute approximate surface area is 162 Å². The number of ether oxygens (including phenoxy) is 1. The summed E-state index contributed by atoms with van der Waals surface area (Å²) in [5, 5.41) is 0. The van der Waals surface area contributed by atoms with Gasteiger partial charge in [0, 0.05) is 31.9 Å². The molecule has 1 aliphatic rings. The van der Waals surface area contributed by atoms with Crippen molar-refractivity contribution < 1.29 is 13.2 Å². The average molecular weight is 389 g/mol. The molecule has 1 heterocycles. The van der Waals surface area contributed by atoms with Crippen LogP contribution in [0.2, 0.25) is 0 Å². The lowest BCUT2D eigenvalue weighted by Crippen LogP contribution is -2.48. The zero-order valence-corrected chi connectivity index (χ0v) is 16.9. The molecule has 0 aromatic heterocycles. The Morgan fingerprint density at radius 2 is 1.52 bits per heavy atom. The molecule has 5 nitrogen and oxygen atoms in total. The highest BCUT2D eigenvalue weighted by Gasteiger charge is 2.28. The van der Waals surface area contributed by atoms with Crippen LogP contribution in [-0.2, 0) is 16.4 Å². The van der Waals surface area contributed by atoms with E-state index < -0.39 is 10.0 Å². The van der Waals surface area contributed by atoms with Gasteiger partial charge in [-0.3, -0.25) is 0 Å². The van der Waals surface area contributed by atoms with Gasteiger partial charge in [0.2, 0.25) is 10.0 Å². The minimum atomic E-state index is -3.46. The molecule has 3 rings (SSSR count). The molecule has 0 aliphatic carbocycles. The monoisotopic (exact) mass is 388 g/mol. The number of rotatable bonds is 7. The fraction of sp³-hybridized carbons (Fsp3) is 0.429. The molecular weight excluding hydrogens is 360 g/mol. The van der Waals surface area contributed by atoms with E-state index in [9.17, 15) is 8.42 Å². The second kappa shape index (κ2) is 8.76. The molecule has 1 aliphatic heterocycles. The molecule has 1 fully saturated rings. The summed E-state index contributed by atoms with van der Waals surface area (Å²) in [6.45, 7) is 7.19. The first-order chi connectivity index (χ1) is 13.0. The normalized spacial score (nSPS) is 15.7. The van der Waals surface area contributed by atoms with Gasteiger partial charge in [0.15, 0.2) is 0 Å². The quantitative estimate of drug-likeness (QED) is 0.728. The van der Waals surface area contributed by atoms with E-state index in [1.165, 1.54) is 5.56 Å². The number of hydrogen-bond donors (Lipinski definition) is 0. The first-order valence-corrected chi connectivity index (χ1v) is 11.1. The molecule has 6 heteroatoms. The summed E-state index contributed by atoms with van der Waals surface area (Å²) in [6.07, 6.45) is 1.94. The summed E-state index contributed by atoms with van der Waals surface area (Å²) in [7, 11) is -3.46. The van der Waals surface area contributed by atoms with E-state index >= 15 is 0 Å². The van der Waals surface area contributed by atoms with Crippen molar-refractivity contribution >= 4 is 15.7 Å².